The maximum atomic E-state index is 4.03. The number of nitrogens with zero attached hydrogens (tertiary/aromatic N) is 1. The zero-order valence-corrected chi connectivity index (χ0v) is 6.10. The summed E-state index contributed by atoms with van der Waals surface area (Å²) in [6, 6.07) is 0. The van der Waals surface area contributed by atoms with E-state index in [2.05, 4.69) is 20.4 Å². The Balaban J connectivity index is 3.03. The first-order chi connectivity index (χ1) is 2.77. The number of hydrogen-bond donors (Lipinski definition) is 0. The Morgan fingerprint density at radius 3 is 2.33 bits per heavy atom. The summed E-state index contributed by atoms with van der Waals surface area (Å²) in [5.41, 5.74) is 0. The third-order valence-electron chi connectivity index (χ3n) is 0.298. The zero-order chi connectivity index (χ0) is 4.99. The Bertz CT molecular complexity index is 50.8. The molecule has 0 N–H and O–H groups in total. The van der Waals surface area contributed by atoms with E-state index >= 15 is 0 Å². The highest BCUT2D eigenvalue weighted by molar-refractivity contribution is 8.12. The van der Waals surface area contributed by atoms with E-state index in [9.17, 15) is 0 Å². The molecule has 0 aromatic rings. The summed E-state index contributed by atoms with van der Waals surface area (Å²) in [5.74, 6) is 0. The fourth-order valence-corrected chi connectivity index (χ4v) is 0.946. The molecule has 0 amide bonds. The monoisotopic (exact) mass is 121 g/mol. The molecule has 0 aliphatic rings. The predicted molar refractivity (Wildman–Crippen MR) is 36.7 cm³/mol. The smallest absolute Gasteiger partial charge is 0.0298 e. The molecule has 2 unspecified atom stereocenters. The van der Waals surface area contributed by atoms with Crippen molar-refractivity contribution in [3.05, 3.63) is 0 Å². The molecular weight excluding hydrogens is 112 g/mol. The van der Waals surface area contributed by atoms with E-state index in [0.717, 1.165) is 0 Å². The fraction of sp³-hybridized carbons (Fsp3) is 0.667. The van der Waals surface area contributed by atoms with E-state index in [1.807, 2.05) is 13.1 Å². The van der Waals surface area contributed by atoms with Gasteiger partial charge in [-0.15, -0.1) is 0 Å². The zero-order valence-electron chi connectivity index (χ0n) is 4.05. The van der Waals surface area contributed by atoms with Gasteiger partial charge in [0.25, 0.3) is 0 Å². The Kier molecular flexibility index (Phi) is 4.04. The van der Waals surface area contributed by atoms with Gasteiger partial charge in [0, 0.05) is 14.0 Å². The first-order valence-corrected chi connectivity index (χ1v) is 5.10. The van der Waals surface area contributed by atoms with E-state index in [-0.39, 0.29) is 7.76 Å². The average Bonchev–Trinajstić information content (AvgIpc) is 1.35. The van der Waals surface area contributed by atoms with Crippen LogP contribution in [0, 0.1) is 0 Å². The lowest BCUT2D eigenvalue weighted by molar-refractivity contribution is 1.85. The quantitative estimate of drug-likeness (QED) is 0.371. The van der Waals surface area contributed by atoms with E-state index < -0.39 is 0 Å². The largest absolute Gasteiger partial charge is 0.270 e. The van der Waals surface area contributed by atoms with Gasteiger partial charge in [0.2, 0.25) is 0 Å². The Hall–Kier alpha value is 0.530. The summed E-state index contributed by atoms with van der Waals surface area (Å²) in [5, 5.41) is 0. The van der Waals surface area contributed by atoms with Gasteiger partial charge in [-0.1, -0.05) is 8.93 Å². The van der Waals surface area contributed by atoms with Gasteiger partial charge in [0.1, 0.15) is 0 Å². The maximum absolute atomic E-state index is 4.03. The lowest BCUT2D eigenvalue weighted by Gasteiger charge is -1.88. The summed E-state index contributed by atoms with van der Waals surface area (Å²) in [6.07, 6.45) is 1.83. The lowest BCUT2D eigenvalue weighted by Crippen LogP contribution is -1.50. The van der Waals surface area contributed by atoms with Crippen molar-refractivity contribution in [1.29, 1.82) is 0 Å². The molecule has 0 spiro atoms. The fourth-order valence-electron chi connectivity index (χ4n) is 0.182. The molecule has 3 heteroatoms. The molecule has 36 valence electrons. The van der Waals surface area contributed by atoms with Crippen LogP contribution in [0.3, 0.4) is 0 Å². The van der Waals surface area contributed by atoms with Gasteiger partial charge in [-0.3, -0.25) is 4.76 Å². The third-order valence-corrected chi connectivity index (χ3v) is 1.29. The first-order valence-electron chi connectivity index (χ1n) is 1.74. The molecule has 0 saturated heterocycles. The van der Waals surface area contributed by atoms with Crippen LogP contribution in [0.4, 0.5) is 0 Å². The van der Waals surface area contributed by atoms with Gasteiger partial charge in [-0.25, -0.2) is 0 Å². The minimum atomic E-state index is -0.114. The van der Waals surface area contributed by atoms with Crippen molar-refractivity contribution in [2.75, 3.05) is 6.66 Å². The van der Waals surface area contributed by atoms with Crippen molar-refractivity contribution in [2.45, 2.75) is 6.92 Å². The normalized spacial score (nSPS) is 15.8. The van der Waals surface area contributed by atoms with Crippen LogP contribution < -0.4 is 0 Å². The summed E-state index contributed by atoms with van der Waals surface area (Å²) in [6.45, 7) is 4.02. The Labute approximate surface area is 42.1 Å². The molecule has 0 radical (unpaired) electrons. The highest BCUT2D eigenvalue weighted by Crippen LogP contribution is 2.40. The Morgan fingerprint density at radius 2 is 2.33 bits per heavy atom. The summed E-state index contributed by atoms with van der Waals surface area (Å²) < 4.78 is 4.03. The third kappa shape index (κ3) is 4.53. The molecule has 1 nitrogen and oxygen atoms in total. The van der Waals surface area contributed by atoms with Crippen molar-refractivity contribution >= 4 is 22.9 Å². The Morgan fingerprint density at radius 1 is 1.83 bits per heavy atom. The minimum absolute atomic E-state index is 0.114. The molecule has 0 saturated carbocycles. The highest BCUT2D eigenvalue weighted by Gasteiger charge is 1.76. The van der Waals surface area contributed by atoms with E-state index in [4.69, 9.17) is 0 Å². The van der Waals surface area contributed by atoms with Crippen LogP contribution in [-0.2, 0) is 0 Å². The predicted octanol–water partition coefficient (Wildman–Crippen LogP) is 1.89. The van der Waals surface area contributed by atoms with Crippen LogP contribution >= 0.6 is 16.7 Å². The summed E-state index contributed by atoms with van der Waals surface area (Å²) in [7, 11) is 2.53. The second-order valence-corrected chi connectivity index (χ2v) is 4.57. The second-order valence-electron chi connectivity index (χ2n) is 0.947. The topological polar surface area (TPSA) is 12.4 Å². The van der Waals surface area contributed by atoms with Crippen LogP contribution in [0.5, 0.6) is 0 Å². The summed E-state index contributed by atoms with van der Waals surface area (Å²) in [4.78, 5) is 0. The van der Waals surface area contributed by atoms with Crippen molar-refractivity contribution in [1.82, 2.24) is 0 Å². The standard InChI is InChI=1S/C3H9NP2/c1-3-4-6(2)5/h3H,5H2,1-2H3. The average molecular weight is 121 g/mol. The molecule has 0 aromatic heterocycles. The van der Waals surface area contributed by atoms with Gasteiger partial charge >= 0.3 is 0 Å². The molecule has 0 aliphatic carbocycles. The molecular formula is C3H9NP2. The van der Waals surface area contributed by atoms with Crippen LogP contribution in [0.15, 0.2) is 4.76 Å². The molecule has 0 bridgehead atoms. The molecule has 2 atom stereocenters. The molecule has 0 heterocycles. The summed E-state index contributed by atoms with van der Waals surface area (Å²) >= 11 is 0. The molecule has 0 aromatic carbocycles. The lowest BCUT2D eigenvalue weighted by atomic mass is 10.9. The number of hydrogen-bond acceptors (Lipinski definition) is 1. The van der Waals surface area contributed by atoms with Gasteiger partial charge in [0.15, 0.2) is 0 Å². The first kappa shape index (κ1) is 6.53. The SMILES string of the molecule is CC=NP(C)P. The molecule has 6 heavy (non-hydrogen) atoms. The van der Waals surface area contributed by atoms with Crippen molar-refractivity contribution < 1.29 is 0 Å². The van der Waals surface area contributed by atoms with E-state index in [1.54, 1.807) is 0 Å². The second kappa shape index (κ2) is 3.71. The maximum Gasteiger partial charge on any atom is 0.0298 e. The molecule has 0 rings (SSSR count). The van der Waals surface area contributed by atoms with Gasteiger partial charge in [0.05, 0.1) is 0 Å². The van der Waals surface area contributed by atoms with Crippen LogP contribution in [0.2, 0.25) is 0 Å². The van der Waals surface area contributed by atoms with Crippen molar-refractivity contribution in [3.8, 4) is 0 Å². The van der Waals surface area contributed by atoms with Gasteiger partial charge < -0.3 is 0 Å². The van der Waals surface area contributed by atoms with Crippen LogP contribution in [-0.4, -0.2) is 12.9 Å². The van der Waals surface area contributed by atoms with E-state index in [0.29, 0.717) is 0 Å². The van der Waals surface area contributed by atoms with E-state index in [1.165, 1.54) is 0 Å². The number of rotatable bonds is 1. The molecule has 0 fully saturated rings. The van der Waals surface area contributed by atoms with Crippen LogP contribution in [0.1, 0.15) is 6.92 Å². The van der Waals surface area contributed by atoms with Gasteiger partial charge in [-0.05, 0) is 13.6 Å². The van der Waals surface area contributed by atoms with Crippen LogP contribution in [0.25, 0.3) is 0 Å². The van der Waals surface area contributed by atoms with Gasteiger partial charge in [-0.2, -0.15) is 0 Å². The van der Waals surface area contributed by atoms with Crippen molar-refractivity contribution in [3.63, 3.8) is 0 Å². The van der Waals surface area contributed by atoms with Crippen molar-refractivity contribution in [2.24, 2.45) is 4.76 Å². The minimum Gasteiger partial charge on any atom is -0.270 e. The molecule has 0 aliphatic heterocycles. The highest BCUT2D eigenvalue weighted by atomic mass is 32.0.